The van der Waals surface area contributed by atoms with Gasteiger partial charge in [-0.15, -0.1) is 11.3 Å². The molecule has 0 saturated carbocycles. The number of hydrogen-bond acceptors (Lipinski definition) is 4. The van der Waals surface area contributed by atoms with E-state index in [1.807, 2.05) is 23.7 Å². The fourth-order valence-electron chi connectivity index (χ4n) is 2.17. The highest BCUT2D eigenvalue weighted by molar-refractivity contribution is 7.09. The van der Waals surface area contributed by atoms with E-state index in [1.165, 1.54) is 11.6 Å². The summed E-state index contributed by atoms with van der Waals surface area (Å²) in [7, 11) is 0. The van der Waals surface area contributed by atoms with E-state index in [1.54, 1.807) is 28.7 Å². The molecule has 0 amide bonds. The van der Waals surface area contributed by atoms with Crippen molar-refractivity contribution >= 4 is 22.7 Å². The van der Waals surface area contributed by atoms with Gasteiger partial charge < -0.3 is 5.32 Å². The third kappa shape index (κ3) is 3.75. The minimum atomic E-state index is -0.168. The molecule has 3 aromatic rings. The number of benzene rings is 1. The number of thiazole rings is 1. The first-order chi connectivity index (χ1) is 10.3. The normalized spacial score (nSPS) is 12.4. The first-order valence-corrected chi connectivity index (χ1v) is 8.52. The Morgan fingerprint density at radius 3 is 2.81 bits per heavy atom. The van der Waals surface area contributed by atoms with Crippen LogP contribution in [0.1, 0.15) is 22.2 Å². The van der Waals surface area contributed by atoms with Crippen LogP contribution in [0.15, 0.2) is 52.7 Å². The molecule has 108 valence electrons. The second kappa shape index (κ2) is 6.93. The van der Waals surface area contributed by atoms with Crippen molar-refractivity contribution in [2.75, 3.05) is 0 Å². The molecule has 0 saturated heterocycles. The SMILES string of the molecule is Fc1ccccc1CNC(Cc1ccsc1)c1nccs1. The minimum absolute atomic E-state index is 0.110. The van der Waals surface area contributed by atoms with Crippen molar-refractivity contribution in [1.82, 2.24) is 10.3 Å². The van der Waals surface area contributed by atoms with Crippen molar-refractivity contribution in [2.24, 2.45) is 0 Å². The molecule has 1 N–H and O–H groups in total. The van der Waals surface area contributed by atoms with Gasteiger partial charge in [0.25, 0.3) is 0 Å². The Kier molecular flexibility index (Phi) is 4.75. The van der Waals surface area contributed by atoms with Crippen LogP contribution < -0.4 is 5.32 Å². The predicted molar refractivity (Wildman–Crippen MR) is 86.1 cm³/mol. The smallest absolute Gasteiger partial charge is 0.127 e. The van der Waals surface area contributed by atoms with E-state index in [4.69, 9.17) is 0 Å². The molecular formula is C16H15FN2S2. The van der Waals surface area contributed by atoms with Crippen molar-refractivity contribution in [2.45, 2.75) is 19.0 Å². The van der Waals surface area contributed by atoms with Crippen LogP contribution in [-0.4, -0.2) is 4.98 Å². The van der Waals surface area contributed by atoms with Crippen molar-refractivity contribution < 1.29 is 4.39 Å². The molecule has 3 rings (SSSR count). The first-order valence-electron chi connectivity index (χ1n) is 6.70. The summed E-state index contributed by atoms with van der Waals surface area (Å²) in [5, 5.41) is 10.7. The summed E-state index contributed by atoms with van der Waals surface area (Å²) in [6.07, 6.45) is 2.68. The number of rotatable bonds is 6. The number of nitrogens with zero attached hydrogens (tertiary/aromatic N) is 1. The highest BCUT2D eigenvalue weighted by atomic mass is 32.1. The zero-order chi connectivity index (χ0) is 14.5. The average Bonchev–Trinajstić information content (AvgIpc) is 3.18. The van der Waals surface area contributed by atoms with Crippen molar-refractivity contribution in [3.05, 3.63) is 74.6 Å². The topological polar surface area (TPSA) is 24.9 Å². The summed E-state index contributed by atoms with van der Waals surface area (Å²) in [4.78, 5) is 4.40. The largest absolute Gasteiger partial charge is 0.303 e. The Morgan fingerprint density at radius 2 is 2.10 bits per heavy atom. The molecule has 0 aliphatic rings. The zero-order valence-electron chi connectivity index (χ0n) is 11.3. The number of aromatic nitrogens is 1. The monoisotopic (exact) mass is 318 g/mol. The lowest BCUT2D eigenvalue weighted by molar-refractivity contribution is 0.512. The Morgan fingerprint density at radius 1 is 1.19 bits per heavy atom. The number of thiophene rings is 1. The molecule has 2 heterocycles. The van der Waals surface area contributed by atoms with Crippen LogP contribution in [0, 0.1) is 5.82 Å². The van der Waals surface area contributed by atoms with E-state index in [0.29, 0.717) is 12.1 Å². The second-order valence-corrected chi connectivity index (χ2v) is 6.44. The van der Waals surface area contributed by atoms with Gasteiger partial charge in [0.1, 0.15) is 10.8 Å². The molecule has 0 aliphatic carbocycles. The third-order valence-electron chi connectivity index (χ3n) is 3.27. The van der Waals surface area contributed by atoms with Crippen LogP contribution in [0.2, 0.25) is 0 Å². The predicted octanol–water partition coefficient (Wildman–Crippen LogP) is 4.42. The maximum Gasteiger partial charge on any atom is 0.127 e. The molecule has 2 nitrogen and oxygen atoms in total. The molecular weight excluding hydrogens is 303 g/mol. The van der Waals surface area contributed by atoms with Crippen LogP contribution in [0.5, 0.6) is 0 Å². The van der Waals surface area contributed by atoms with Gasteiger partial charge in [-0.1, -0.05) is 18.2 Å². The van der Waals surface area contributed by atoms with Gasteiger partial charge in [0.15, 0.2) is 0 Å². The van der Waals surface area contributed by atoms with Gasteiger partial charge in [-0.2, -0.15) is 11.3 Å². The summed E-state index contributed by atoms with van der Waals surface area (Å²) in [6, 6.07) is 9.11. The summed E-state index contributed by atoms with van der Waals surface area (Å²) < 4.78 is 13.7. The van der Waals surface area contributed by atoms with Gasteiger partial charge in [-0.25, -0.2) is 9.37 Å². The molecule has 1 unspecified atom stereocenters. The number of halogens is 1. The molecule has 0 bridgehead atoms. The average molecular weight is 318 g/mol. The van der Waals surface area contributed by atoms with E-state index < -0.39 is 0 Å². The third-order valence-corrected chi connectivity index (χ3v) is 4.89. The van der Waals surface area contributed by atoms with Crippen LogP contribution in [0.4, 0.5) is 4.39 Å². The minimum Gasteiger partial charge on any atom is -0.303 e. The maximum atomic E-state index is 13.7. The van der Waals surface area contributed by atoms with Crippen LogP contribution >= 0.6 is 22.7 Å². The molecule has 1 aromatic carbocycles. The van der Waals surface area contributed by atoms with Crippen molar-refractivity contribution in [3.63, 3.8) is 0 Å². The van der Waals surface area contributed by atoms with Gasteiger partial charge in [0, 0.05) is 23.7 Å². The lowest BCUT2D eigenvalue weighted by Gasteiger charge is -2.16. The van der Waals surface area contributed by atoms with E-state index >= 15 is 0 Å². The van der Waals surface area contributed by atoms with Crippen LogP contribution in [0.25, 0.3) is 0 Å². The Hall–Kier alpha value is -1.56. The molecule has 0 spiro atoms. The molecule has 21 heavy (non-hydrogen) atoms. The highest BCUT2D eigenvalue weighted by Crippen LogP contribution is 2.22. The summed E-state index contributed by atoms with van der Waals surface area (Å²) >= 11 is 3.32. The first kappa shape index (κ1) is 14.4. The van der Waals surface area contributed by atoms with E-state index in [2.05, 4.69) is 27.1 Å². The highest BCUT2D eigenvalue weighted by Gasteiger charge is 2.15. The Labute approximate surface area is 131 Å². The Balaban J connectivity index is 1.72. The van der Waals surface area contributed by atoms with Gasteiger partial charge >= 0.3 is 0 Å². The number of nitrogens with one attached hydrogen (secondary N) is 1. The van der Waals surface area contributed by atoms with Crippen molar-refractivity contribution in [3.8, 4) is 0 Å². The van der Waals surface area contributed by atoms with E-state index in [9.17, 15) is 4.39 Å². The molecule has 0 aliphatic heterocycles. The lowest BCUT2D eigenvalue weighted by Crippen LogP contribution is -2.23. The maximum absolute atomic E-state index is 13.7. The fraction of sp³-hybridized carbons (Fsp3) is 0.188. The van der Waals surface area contributed by atoms with Crippen LogP contribution in [-0.2, 0) is 13.0 Å². The Bertz CT molecular complexity index is 665. The number of hydrogen-bond donors (Lipinski definition) is 1. The fourth-order valence-corrected chi connectivity index (χ4v) is 3.57. The molecule has 2 aromatic heterocycles. The van der Waals surface area contributed by atoms with Crippen LogP contribution in [0.3, 0.4) is 0 Å². The lowest BCUT2D eigenvalue weighted by atomic mass is 10.1. The van der Waals surface area contributed by atoms with E-state index in [-0.39, 0.29) is 11.9 Å². The van der Waals surface area contributed by atoms with E-state index in [0.717, 1.165) is 11.4 Å². The van der Waals surface area contributed by atoms with Gasteiger partial charge in [-0.3, -0.25) is 0 Å². The zero-order valence-corrected chi connectivity index (χ0v) is 13.0. The van der Waals surface area contributed by atoms with Gasteiger partial charge in [0.05, 0.1) is 6.04 Å². The molecule has 0 radical (unpaired) electrons. The summed E-state index contributed by atoms with van der Waals surface area (Å²) in [5.74, 6) is -0.168. The van der Waals surface area contributed by atoms with Crippen molar-refractivity contribution in [1.29, 1.82) is 0 Å². The molecule has 1 atom stereocenters. The summed E-state index contributed by atoms with van der Waals surface area (Å²) in [5.41, 5.74) is 1.96. The molecule has 0 fully saturated rings. The second-order valence-electron chi connectivity index (χ2n) is 4.73. The van der Waals surface area contributed by atoms with Gasteiger partial charge in [0.2, 0.25) is 0 Å². The molecule has 5 heteroatoms. The standard InChI is InChI=1S/C16H15FN2S2/c17-14-4-2-1-3-13(14)10-19-15(16-18-6-8-21-16)9-12-5-7-20-11-12/h1-8,11,15,19H,9-10H2. The summed E-state index contributed by atoms with van der Waals surface area (Å²) in [6.45, 7) is 0.501. The quantitative estimate of drug-likeness (QED) is 0.728. The van der Waals surface area contributed by atoms with Gasteiger partial charge in [-0.05, 0) is 34.9 Å².